The normalized spacial score (nSPS) is 23.6. The zero-order valence-corrected chi connectivity index (χ0v) is 15.9. The van der Waals surface area contributed by atoms with Crippen LogP contribution >= 0.6 is 0 Å². The van der Waals surface area contributed by atoms with Crippen LogP contribution in [0.5, 0.6) is 0 Å². The summed E-state index contributed by atoms with van der Waals surface area (Å²) in [7, 11) is 0. The zero-order chi connectivity index (χ0) is 20.4. The fourth-order valence-corrected chi connectivity index (χ4v) is 4.09. The Kier molecular flexibility index (Phi) is 5.50. The summed E-state index contributed by atoms with van der Waals surface area (Å²) in [6, 6.07) is 13.9. The summed E-state index contributed by atoms with van der Waals surface area (Å²) in [6.07, 6.45) is -2.92. The standard InChI is InChI=1S/C22H23F3N2O2/c23-22(24,25)18-8-6-16(7-9-18)14-27(19-4-2-1-3-5-19)21(28)29-20-15-26-12-10-17(20)11-13-26/h1-9,17,20H,10-15H2. The molecule has 3 heterocycles. The van der Waals surface area contributed by atoms with Gasteiger partial charge in [-0.05, 0) is 61.7 Å². The van der Waals surface area contributed by atoms with E-state index in [0.717, 1.165) is 44.6 Å². The first-order chi connectivity index (χ1) is 13.9. The molecule has 3 saturated heterocycles. The summed E-state index contributed by atoms with van der Waals surface area (Å²) in [6.45, 7) is 2.99. The molecule has 0 aliphatic carbocycles. The van der Waals surface area contributed by atoms with E-state index in [9.17, 15) is 18.0 Å². The lowest BCUT2D eigenvalue weighted by atomic mass is 9.86. The summed E-state index contributed by atoms with van der Waals surface area (Å²) >= 11 is 0. The molecule has 7 heteroatoms. The van der Waals surface area contributed by atoms with Crippen LogP contribution in [0.4, 0.5) is 23.7 Å². The largest absolute Gasteiger partial charge is 0.444 e. The second-order valence-electron chi connectivity index (χ2n) is 7.68. The predicted molar refractivity (Wildman–Crippen MR) is 104 cm³/mol. The van der Waals surface area contributed by atoms with Gasteiger partial charge in [0.1, 0.15) is 6.10 Å². The molecule has 3 aliphatic rings. The Morgan fingerprint density at radius 1 is 1.03 bits per heavy atom. The number of piperidine rings is 3. The molecule has 4 nitrogen and oxygen atoms in total. The molecule has 2 aromatic carbocycles. The van der Waals surface area contributed by atoms with E-state index in [1.165, 1.54) is 17.0 Å². The van der Waals surface area contributed by atoms with Gasteiger partial charge in [0.05, 0.1) is 12.1 Å². The third-order valence-corrected chi connectivity index (χ3v) is 5.76. The number of halogens is 3. The van der Waals surface area contributed by atoms with E-state index in [1.807, 2.05) is 18.2 Å². The number of carbonyl (C=O) groups excluding carboxylic acids is 1. The number of amides is 1. The quantitative estimate of drug-likeness (QED) is 0.724. The van der Waals surface area contributed by atoms with Gasteiger partial charge in [-0.15, -0.1) is 0 Å². The number of benzene rings is 2. The Balaban J connectivity index is 1.51. The molecular weight excluding hydrogens is 381 g/mol. The van der Waals surface area contributed by atoms with Crippen LogP contribution < -0.4 is 4.90 Å². The number of hydrogen-bond donors (Lipinski definition) is 0. The Labute approximate surface area is 167 Å². The van der Waals surface area contributed by atoms with Crippen molar-refractivity contribution in [2.45, 2.75) is 31.7 Å². The number of fused-ring (bicyclic) bond motifs is 3. The van der Waals surface area contributed by atoms with Crippen LogP contribution in [-0.4, -0.2) is 36.7 Å². The highest BCUT2D eigenvalue weighted by molar-refractivity contribution is 5.87. The van der Waals surface area contributed by atoms with Crippen LogP contribution in [0.25, 0.3) is 0 Å². The topological polar surface area (TPSA) is 32.8 Å². The number of rotatable bonds is 4. The van der Waals surface area contributed by atoms with Gasteiger partial charge in [0.2, 0.25) is 0 Å². The monoisotopic (exact) mass is 404 g/mol. The van der Waals surface area contributed by atoms with Crippen molar-refractivity contribution in [1.29, 1.82) is 0 Å². The SMILES string of the molecule is O=C(OC1CN2CCC1CC2)N(Cc1ccc(C(F)(F)F)cc1)c1ccccc1. The molecular formula is C22H23F3N2O2. The lowest BCUT2D eigenvalue weighted by molar-refractivity contribution is -0.137. The van der Waals surface area contributed by atoms with Crippen LogP contribution in [0.2, 0.25) is 0 Å². The fourth-order valence-electron chi connectivity index (χ4n) is 4.09. The second-order valence-corrected chi connectivity index (χ2v) is 7.68. The Hall–Kier alpha value is -2.54. The van der Waals surface area contributed by atoms with Gasteiger partial charge in [-0.25, -0.2) is 4.79 Å². The summed E-state index contributed by atoms with van der Waals surface area (Å²) in [5.74, 6) is 0.382. The first-order valence-electron chi connectivity index (χ1n) is 9.82. The first kappa shape index (κ1) is 19.8. The molecule has 2 bridgehead atoms. The van der Waals surface area contributed by atoms with E-state index in [4.69, 9.17) is 4.74 Å². The molecule has 1 amide bonds. The van der Waals surface area contributed by atoms with Gasteiger partial charge in [-0.1, -0.05) is 30.3 Å². The van der Waals surface area contributed by atoms with Crippen LogP contribution in [0.3, 0.4) is 0 Å². The average molecular weight is 404 g/mol. The molecule has 0 radical (unpaired) electrons. The molecule has 1 unspecified atom stereocenters. The number of ether oxygens (including phenoxy) is 1. The van der Waals surface area contributed by atoms with Gasteiger partial charge in [-0.3, -0.25) is 9.80 Å². The van der Waals surface area contributed by atoms with Crippen LogP contribution in [0.1, 0.15) is 24.0 Å². The fraction of sp³-hybridized carbons (Fsp3) is 0.409. The lowest BCUT2D eigenvalue weighted by Crippen LogP contribution is -2.53. The van der Waals surface area contributed by atoms with Gasteiger partial charge >= 0.3 is 12.3 Å². The van der Waals surface area contributed by atoms with E-state index in [0.29, 0.717) is 17.2 Å². The number of hydrogen-bond acceptors (Lipinski definition) is 3. The maximum atomic E-state index is 13.0. The summed E-state index contributed by atoms with van der Waals surface area (Å²) < 4.78 is 44.3. The first-order valence-corrected chi connectivity index (χ1v) is 9.82. The highest BCUT2D eigenvalue weighted by atomic mass is 19.4. The van der Waals surface area contributed by atoms with Crippen molar-refractivity contribution in [2.75, 3.05) is 24.5 Å². The second kappa shape index (κ2) is 8.06. The Morgan fingerprint density at radius 2 is 1.69 bits per heavy atom. The maximum Gasteiger partial charge on any atom is 0.416 e. The Morgan fingerprint density at radius 3 is 2.24 bits per heavy atom. The van der Waals surface area contributed by atoms with Gasteiger partial charge in [-0.2, -0.15) is 13.2 Å². The van der Waals surface area contributed by atoms with Crippen molar-refractivity contribution in [3.8, 4) is 0 Å². The van der Waals surface area contributed by atoms with Crippen molar-refractivity contribution in [3.05, 3.63) is 65.7 Å². The number of nitrogens with zero attached hydrogens (tertiary/aromatic N) is 2. The van der Waals surface area contributed by atoms with E-state index in [1.54, 1.807) is 12.1 Å². The van der Waals surface area contributed by atoms with Gasteiger partial charge in [0.25, 0.3) is 0 Å². The van der Waals surface area contributed by atoms with E-state index >= 15 is 0 Å². The minimum atomic E-state index is -4.38. The van der Waals surface area contributed by atoms with E-state index < -0.39 is 17.8 Å². The third kappa shape index (κ3) is 4.56. The average Bonchev–Trinajstić information content (AvgIpc) is 2.73. The number of para-hydroxylation sites is 1. The van der Waals surface area contributed by atoms with Crippen molar-refractivity contribution in [1.82, 2.24) is 4.90 Å². The van der Waals surface area contributed by atoms with E-state index in [-0.39, 0.29) is 12.6 Å². The molecule has 0 N–H and O–H groups in total. The molecule has 0 aromatic heterocycles. The molecule has 0 spiro atoms. The molecule has 2 aromatic rings. The van der Waals surface area contributed by atoms with Gasteiger partial charge in [0.15, 0.2) is 0 Å². The number of anilines is 1. The molecule has 0 saturated carbocycles. The predicted octanol–water partition coefficient (Wildman–Crippen LogP) is 4.94. The van der Waals surface area contributed by atoms with Crippen LogP contribution in [-0.2, 0) is 17.5 Å². The minimum Gasteiger partial charge on any atom is -0.444 e. The van der Waals surface area contributed by atoms with Crippen LogP contribution in [0.15, 0.2) is 54.6 Å². The minimum absolute atomic E-state index is 0.135. The van der Waals surface area contributed by atoms with Crippen molar-refractivity contribution >= 4 is 11.8 Å². The zero-order valence-electron chi connectivity index (χ0n) is 15.9. The summed E-state index contributed by atoms with van der Waals surface area (Å²) in [5.41, 5.74) is 0.550. The number of alkyl halides is 3. The summed E-state index contributed by atoms with van der Waals surface area (Å²) in [4.78, 5) is 16.8. The van der Waals surface area contributed by atoms with Crippen molar-refractivity contribution < 1.29 is 22.7 Å². The van der Waals surface area contributed by atoms with Gasteiger partial charge < -0.3 is 4.74 Å². The molecule has 154 valence electrons. The smallest absolute Gasteiger partial charge is 0.416 e. The van der Waals surface area contributed by atoms with Crippen molar-refractivity contribution in [2.24, 2.45) is 5.92 Å². The van der Waals surface area contributed by atoms with Gasteiger partial charge in [0, 0.05) is 12.2 Å². The molecule has 3 fully saturated rings. The summed E-state index contributed by atoms with van der Waals surface area (Å²) in [5, 5.41) is 0. The number of carbonyl (C=O) groups is 1. The highest BCUT2D eigenvalue weighted by Gasteiger charge is 2.37. The maximum absolute atomic E-state index is 13.0. The highest BCUT2D eigenvalue weighted by Crippen LogP contribution is 2.31. The Bertz CT molecular complexity index is 831. The van der Waals surface area contributed by atoms with E-state index in [2.05, 4.69) is 4.90 Å². The van der Waals surface area contributed by atoms with Crippen LogP contribution in [0, 0.1) is 5.92 Å². The third-order valence-electron chi connectivity index (χ3n) is 5.76. The molecule has 1 atom stereocenters. The molecule has 3 aliphatic heterocycles. The molecule has 5 rings (SSSR count). The van der Waals surface area contributed by atoms with Crippen molar-refractivity contribution in [3.63, 3.8) is 0 Å². The molecule has 29 heavy (non-hydrogen) atoms. The lowest BCUT2D eigenvalue weighted by Gasteiger charge is -2.44.